The van der Waals surface area contributed by atoms with Crippen molar-refractivity contribution in [3.8, 4) is 0 Å². The van der Waals surface area contributed by atoms with Crippen LogP contribution in [0.1, 0.15) is 0 Å². The molecule has 0 radical (unpaired) electrons. The third kappa shape index (κ3) is 2.36. The van der Waals surface area contributed by atoms with E-state index in [4.69, 9.17) is 5.11 Å². The molecule has 0 bridgehead atoms. The highest BCUT2D eigenvalue weighted by Crippen LogP contribution is 2.09. The summed E-state index contributed by atoms with van der Waals surface area (Å²) in [6.45, 7) is 2.90. The number of aliphatic hydroxyl groups is 1. The van der Waals surface area contributed by atoms with Gasteiger partial charge < -0.3 is 10.0 Å². The van der Waals surface area contributed by atoms with Crippen molar-refractivity contribution in [2.75, 3.05) is 39.0 Å². The number of hydrogen-bond acceptors (Lipinski definition) is 4. The van der Waals surface area contributed by atoms with Crippen molar-refractivity contribution in [1.29, 1.82) is 0 Å². The molecule has 12 heavy (non-hydrogen) atoms. The topological polar surface area (TPSA) is 43.8 Å². The van der Waals surface area contributed by atoms with Crippen molar-refractivity contribution in [3.05, 3.63) is 0 Å². The van der Waals surface area contributed by atoms with Crippen molar-refractivity contribution in [1.82, 2.24) is 9.21 Å². The highest BCUT2D eigenvalue weighted by atomic mass is 32.2. The monoisotopic (exact) mass is 190 g/mol. The number of amides is 1. The van der Waals surface area contributed by atoms with E-state index in [-0.39, 0.29) is 12.5 Å². The van der Waals surface area contributed by atoms with Gasteiger partial charge in [0.1, 0.15) is 6.61 Å². The molecule has 1 aliphatic rings. The lowest BCUT2D eigenvalue weighted by Crippen LogP contribution is -2.47. The van der Waals surface area contributed by atoms with Gasteiger partial charge in [-0.15, -0.1) is 0 Å². The summed E-state index contributed by atoms with van der Waals surface area (Å²) in [4.78, 5) is 12.7. The largest absolute Gasteiger partial charge is 0.387 e. The van der Waals surface area contributed by atoms with Crippen LogP contribution in [0.5, 0.6) is 0 Å². The van der Waals surface area contributed by atoms with Crippen molar-refractivity contribution in [3.63, 3.8) is 0 Å². The summed E-state index contributed by atoms with van der Waals surface area (Å²) >= 11 is 1.70. The van der Waals surface area contributed by atoms with Crippen LogP contribution >= 0.6 is 11.9 Å². The first-order valence-corrected chi connectivity index (χ1v) is 5.13. The zero-order valence-corrected chi connectivity index (χ0v) is 8.01. The zero-order chi connectivity index (χ0) is 8.97. The second-order valence-corrected chi connectivity index (χ2v) is 3.53. The van der Waals surface area contributed by atoms with Crippen molar-refractivity contribution < 1.29 is 9.90 Å². The van der Waals surface area contributed by atoms with Gasteiger partial charge in [0, 0.05) is 26.2 Å². The molecule has 1 aliphatic heterocycles. The minimum Gasteiger partial charge on any atom is -0.387 e. The summed E-state index contributed by atoms with van der Waals surface area (Å²) in [6, 6.07) is 0. The summed E-state index contributed by atoms with van der Waals surface area (Å²) in [7, 11) is 0. The SMILES string of the molecule is CSN1CCN(C(=O)CO)CC1. The first kappa shape index (κ1) is 9.83. The average molecular weight is 190 g/mol. The zero-order valence-electron chi connectivity index (χ0n) is 7.19. The Balaban J connectivity index is 2.30. The molecule has 5 heteroatoms. The first-order chi connectivity index (χ1) is 5.77. The van der Waals surface area contributed by atoms with Crippen LogP contribution in [0.4, 0.5) is 0 Å². The predicted octanol–water partition coefficient (Wildman–Crippen LogP) is -0.599. The number of nitrogens with zero attached hydrogens (tertiary/aromatic N) is 2. The molecule has 0 aliphatic carbocycles. The quantitative estimate of drug-likeness (QED) is 0.591. The molecule has 0 saturated carbocycles. The third-order valence-electron chi connectivity index (χ3n) is 1.98. The molecule has 0 aromatic carbocycles. The lowest BCUT2D eigenvalue weighted by molar-refractivity contribution is -0.135. The molecule has 70 valence electrons. The van der Waals surface area contributed by atoms with E-state index in [0.717, 1.165) is 26.2 Å². The second-order valence-electron chi connectivity index (χ2n) is 2.65. The Morgan fingerprint density at radius 1 is 1.42 bits per heavy atom. The summed E-state index contributed by atoms with van der Waals surface area (Å²) in [5.41, 5.74) is 0. The van der Waals surface area contributed by atoms with Crippen LogP contribution in [0.15, 0.2) is 0 Å². The number of rotatable bonds is 2. The van der Waals surface area contributed by atoms with E-state index in [0.29, 0.717) is 0 Å². The molecular weight excluding hydrogens is 176 g/mol. The van der Waals surface area contributed by atoms with Gasteiger partial charge in [0.15, 0.2) is 0 Å². The Morgan fingerprint density at radius 3 is 2.42 bits per heavy atom. The Labute approximate surface area is 76.7 Å². The lowest BCUT2D eigenvalue weighted by atomic mass is 10.3. The summed E-state index contributed by atoms with van der Waals surface area (Å²) < 4.78 is 2.21. The standard InChI is InChI=1S/C7H14N2O2S/c1-12-9-4-2-8(3-5-9)7(11)6-10/h10H,2-6H2,1H3. The van der Waals surface area contributed by atoms with Gasteiger partial charge in [-0.05, 0) is 6.26 Å². The number of carbonyl (C=O) groups is 1. The van der Waals surface area contributed by atoms with E-state index in [1.807, 2.05) is 6.26 Å². The van der Waals surface area contributed by atoms with Crippen LogP contribution in [0.3, 0.4) is 0 Å². The van der Waals surface area contributed by atoms with Crippen molar-refractivity contribution in [2.45, 2.75) is 0 Å². The average Bonchev–Trinajstić information content (AvgIpc) is 2.17. The molecule has 1 heterocycles. The molecule has 1 amide bonds. The Bertz CT molecular complexity index is 157. The van der Waals surface area contributed by atoms with Crippen molar-refractivity contribution in [2.24, 2.45) is 0 Å². The van der Waals surface area contributed by atoms with Gasteiger partial charge in [0.2, 0.25) is 5.91 Å². The molecule has 0 atom stereocenters. The first-order valence-electron chi connectivity index (χ1n) is 3.95. The van der Waals surface area contributed by atoms with E-state index in [2.05, 4.69) is 4.31 Å². The van der Waals surface area contributed by atoms with Crippen LogP contribution in [0.2, 0.25) is 0 Å². The van der Waals surface area contributed by atoms with Crippen molar-refractivity contribution >= 4 is 17.9 Å². The molecule has 0 unspecified atom stereocenters. The second kappa shape index (κ2) is 4.69. The maximum atomic E-state index is 11.0. The van der Waals surface area contributed by atoms with E-state index < -0.39 is 0 Å². The number of hydrogen-bond donors (Lipinski definition) is 1. The molecule has 1 fully saturated rings. The van der Waals surface area contributed by atoms with Gasteiger partial charge in [-0.1, -0.05) is 11.9 Å². The van der Waals surface area contributed by atoms with Crippen LogP contribution in [0, 0.1) is 0 Å². The van der Waals surface area contributed by atoms with Crippen LogP contribution < -0.4 is 0 Å². The maximum absolute atomic E-state index is 11.0. The Hall–Kier alpha value is -0.260. The fourth-order valence-electron chi connectivity index (χ4n) is 1.22. The summed E-state index contributed by atoms with van der Waals surface area (Å²) in [6.07, 6.45) is 2.03. The summed E-state index contributed by atoms with van der Waals surface area (Å²) in [5.74, 6) is -0.157. The molecule has 4 nitrogen and oxygen atoms in total. The van der Waals surface area contributed by atoms with E-state index in [1.165, 1.54) is 0 Å². The fraction of sp³-hybridized carbons (Fsp3) is 0.857. The molecule has 1 rings (SSSR count). The highest BCUT2D eigenvalue weighted by Gasteiger charge is 2.19. The smallest absolute Gasteiger partial charge is 0.248 e. The molecule has 0 aromatic rings. The Morgan fingerprint density at radius 2 is 2.00 bits per heavy atom. The lowest BCUT2D eigenvalue weighted by Gasteiger charge is -2.32. The summed E-state index contributed by atoms with van der Waals surface area (Å²) in [5, 5.41) is 8.60. The van der Waals surface area contributed by atoms with Gasteiger partial charge in [-0.3, -0.25) is 4.79 Å². The predicted molar refractivity (Wildman–Crippen MR) is 48.8 cm³/mol. The van der Waals surface area contributed by atoms with Gasteiger partial charge in [0.05, 0.1) is 0 Å². The third-order valence-corrected chi connectivity index (χ3v) is 2.87. The molecular formula is C7H14N2O2S. The van der Waals surface area contributed by atoms with E-state index in [1.54, 1.807) is 16.8 Å². The minimum absolute atomic E-state index is 0.157. The van der Waals surface area contributed by atoms with Gasteiger partial charge in [-0.25, -0.2) is 4.31 Å². The van der Waals surface area contributed by atoms with E-state index in [9.17, 15) is 4.79 Å². The fourth-order valence-corrected chi connectivity index (χ4v) is 1.75. The van der Waals surface area contributed by atoms with E-state index >= 15 is 0 Å². The molecule has 1 saturated heterocycles. The number of piperazine rings is 1. The highest BCUT2D eigenvalue weighted by molar-refractivity contribution is 7.96. The van der Waals surface area contributed by atoms with Gasteiger partial charge >= 0.3 is 0 Å². The van der Waals surface area contributed by atoms with Crippen LogP contribution in [-0.4, -0.2) is 59.3 Å². The molecule has 0 aromatic heterocycles. The van der Waals surface area contributed by atoms with Gasteiger partial charge in [0.25, 0.3) is 0 Å². The Kier molecular flexibility index (Phi) is 3.84. The number of carbonyl (C=O) groups excluding carboxylic acids is 1. The number of aliphatic hydroxyl groups excluding tert-OH is 1. The van der Waals surface area contributed by atoms with Crippen LogP contribution in [0.25, 0.3) is 0 Å². The molecule has 0 spiro atoms. The minimum atomic E-state index is -0.362. The van der Waals surface area contributed by atoms with Crippen LogP contribution in [-0.2, 0) is 4.79 Å². The maximum Gasteiger partial charge on any atom is 0.248 e. The molecule has 1 N–H and O–H groups in total. The normalized spacial score (nSPS) is 19.7. The van der Waals surface area contributed by atoms with Gasteiger partial charge in [-0.2, -0.15) is 0 Å².